The van der Waals surface area contributed by atoms with Gasteiger partial charge in [-0.2, -0.15) is 0 Å². The number of aryl methyl sites for hydroxylation is 2. The predicted molar refractivity (Wildman–Crippen MR) is 61.9 cm³/mol. The van der Waals surface area contributed by atoms with Crippen LogP contribution in [0.4, 0.5) is 0 Å². The summed E-state index contributed by atoms with van der Waals surface area (Å²) < 4.78 is 10.6. The van der Waals surface area contributed by atoms with Crippen LogP contribution in [0.15, 0.2) is 24.8 Å². The van der Waals surface area contributed by atoms with Crippen LogP contribution in [0.25, 0.3) is 0 Å². The van der Waals surface area contributed by atoms with Crippen LogP contribution < -0.4 is 9.31 Å². The molecule has 0 saturated carbocycles. The van der Waals surface area contributed by atoms with Crippen molar-refractivity contribution in [2.75, 3.05) is 0 Å². The highest BCUT2D eigenvalue weighted by atomic mass is 16.6. The van der Waals surface area contributed by atoms with Crippen molar-refractivity contribution in [1.29, 1.82) is 0 Å². The SMILES string of the molecule is Cc1ncc(OBOc2cnc(C)nc2)cn1. The molecule has 0 radical (unpaired) electrons. The maximum atomic E-state index is 5.29. The van der Waals surface area contributed by atoms with Crippen molar-refractivity contribution in [3.05, 3.63) is 36.4 Å². The van der Waals surface area contributed by atoms with Crippen LogP contribution in [-0.4, -0.2) is 27.6 Å². The van der Waals surface area contributed by atoms with E-state index in [1.807, 2.05) is 13.8 Å². The summed E-state index contributed by atoms with van der Waals surface area (Å²) in [6.45, 7) is 3.62. The molecule has 0 fully saturated rings. The quantitative estimate of drug-likeness (QED) is 0.716. The second-order valence-electron chi connectivity index (χ2n) is 3.34. The molecule has 0 unspecified atom stereocenters. The molecule has 0 saturated heterocycles. The van der Waals surface area contributed by atoms with E-state index in [9.17, 15) is 0 Å². The van der Waals surface area contributed by atoms with Gasteiger partial charge < -0.3 is 9.31 Å². The summed E-state index contributed by atoms with van der Waals surface area (Å²) in [5.41, 5.74) is 0. The average Bonchev–Trinajstić information content (AvgIpc) is 2.34. The molecule has 86 valence electrons. The Bertz CT molecular complexity index is 429. The zero-order chi connectivity index (χ0) is 12.1. The first kappa shape index (κ1) is 11.3. The fraction of sp³-hybridized carbons (Fsp3) is 0.200. The van der Waals surface area contributed by atoms with Crippen LogP contribution in [0, 0.1) is 13.8 Å². The van der Waals surface area contributed by atoms with E-state index < -0.39 is 0 Å². The van der Waals surface area contributed by atoms with Gasteiger partial charge in [0.15, 0.2) is 0 Å². The van der Waals surface area contributed by atoms with Gasteiger partial charge in [-0.05, 0) is 13.8 Å². The van der Waals surface area contributed by atoms with Crippen LogP contribution in [0.3, 0.4) is 0 Å². The summed E-state index contributed by atoms with van der Waals surface area (Å²) in [7, 11) is 0.0683. The smallest absolute Gasteiger partial charge is 0.526 e. The second kappa shape index (κ2) is 5.24. The number of aromatic nitrogens is 4. The normalized spacial score (nSPS) is 9.76. The molecule has 0 spiro atoms. The molecule has 0 bridgehead atoms. The highest BCUT2D eigenvalue weighted by molar-refractivity contribution is 6.20. The zero-order valence-corrected chi connectivity index (χ0v) is 9.62. The molecule has 0 aliphatic carbocycles. The minimum atomic E-state index is 0.0683. The Morgan fingerprint density at radius 2 is 1.12 bits per heavy atom. The molecule has 2 aromatic rings. The minimum absolute atomic E-state index is 0.0683. The number of rotatable bonds is 4. The Balaban J connectivity index is 1.83. The van der Waals surface area contributed by atoms with Crippen molar-refractivity contribution >= 4 is 7.69 Å². The fourth-order valence-electron chi connectivity index (χ4n) is 1.08. The third-order valence-corrected chi connectivity index (χ3v) is 1.97. The predicted octanol–water partition coefficient (Wildman–Crippen LogP) is 0.608. The molecule has 0 amide bonds. The lowest BCUT2D eigenvalue weighted by Gasteiger charge is -2.06. The van der Waals surface area contributed by atoms with Crippen LogP contribution >= 0.6 is 0 Å². The third kappa shape index (κ3) is 3.41. The van der Waals surface area contributed by atoms with Crippen molar-refractivity contribution in [2.24, 2.45) is 0 Å². The Hall–Kier alpha value is -2.18. The first-order valence-corrected chi connectivity index (χ1v) is 5.07. The van der Waals surface area contributed by atoms with E-state index in [1.165, 1.54) is 0 Å². The molecule has 2 heterocycles. The lowest BCUT2D eigenvalue weighted by atomic mass is 10.3. The summed E-state index contributed by atoms with van der Waals surface area (Å²) in [6.07, 6.45) is 6.38. The van der Waals surface area contributed by atoms with Crippen molar-refractivity contribution in [3.63, 3.8) is 0 Å². The monoisotopic (exact) mass is 230 g/mol. The van der Waals surface area contributed by atoms with Crippen LogP contribution in [0.2, 0.25) is 0 Å². The van der Waals surface area contributed by atoms with E-state index >= 15 is 0 Å². The van der Waals surface area contributed by atoms with Crippen molar-refractivity contribution < 1.29 is 9.31 Å². The van der Waals surface area contributed by atoms with Gasteiger partial charge in [0, 0.05) is 0 Å². The first-order chi connectivity index (χ1) is 8.24. The van der Waals surface area contributed by atoms with Crippen LogP contribution in [-0.2, 0) is 0 Å². The number of hydrogen-bond donors (Lipinski definition) is 0. The molecule has 6 nitrogen and oxygen atoms in total. The van der Waals surface area contributed by atoms with Gasteiger partial charge in [0.05, 0.1) is 24.8 Å². The number of nitrogens with zero attached hydrogens (tertiary/aromatic N) is 4. The highest BCUT2D eigenvalue weighted by Crippen LogP contribution is 2.08. The molecule has 7 heteroatoms. The van der Waals surface area contributed by atoms with Gasteiger partial charge in [-0.3, -0.25) is 0 Å². The summed E-state index contributed by atoms with van der Waals surface area (Å²) >= 11 is 0. The fourth-order valence-corrected chi connectivity index (χ4v) is 1.08. The molecule has 2 rings (SSSR count). The topological polar surface area (TPSA) is 70.0 Å². The third-order valence-electron chi connectivity index (χ3n) is 1.97. The molecular formula is C10H11BN4O2. The van der Waals surface area contributed by atoms with Crippen LogP contribution in [0.1, 0.15) is 11.6 Å². The van der Waals surface area contributed by atoms with Crippen molar-refractivity contribution in [3.8, 4) is 11.5 Å². The van der Waals surface area contributed by atoms with E-state index in [4.69, 9.17) is 9.31 Å². The molecular weight excluding hydrogens is 219 g/mol. The summed E-state index contributed by atoms with van der Waals surface area (Å²) in [5, 5.41) is 0. The highest BCUT2D eigenvalue weighted by Gasteiger charge is 2.01. The van der Waals surface area contributed by atoms with Gasteiger partial charge in [-0.1, -0.05) is 0 Å². The van der Waals surface area contributed by atoms with Crippen molar-refractivity contribution in [1.82, 2.24) is 19.9 Å². The molecule has 2 aromatic heterocycles. The Labute approximate surface area is 99.4 Å². The van der Waals surface area contributed by atoms with E-state index in [1.54, 1.807) is 24.8 Å². The molecule has 17 heavy (non-hydrogen) atoms. The van der Waals surface area contributed by atoms with Gasteiger partial charge in [-0.15, -0.1) is 0 Å². The maximum Gasteiger partial charge on any atom is 0.576 e. The van der Waals surface area contributed by atoms with Gasteiger partial charge in [0.25, 0.3) is 0 Å². The average molecular weight is 230 g/mol. The molecule has 0 atom stereocenters. The zero-order valence-electron chi connectivity index (χ0n) is 9.62. The number of hydrogen-bond acceptors (Lipinski definition) is 6. The lowest BCUT2D eigenvalue weighted by molar-refractivity contribution is 0.453. The summed E-state index contributed by atoms with van der Waals surface area (Å²) in [5.74, 6) is 2.52. The molecule has 0 N–H and O–H groups in total. The van der Waals surface area contributed by atoms with Crippen LogP contribution in [0.5, 0.6) is 11.5 Å². The van der Waals surface area contributed by atoms with Gasteiger partial charge in [-0.25, -0.2) is 19.9 Å². The van der Waals surface area contributed by atoms with Gasteiger partial charge >= 0.3 is 7.69 Å². The first-order valence-electron chi connectivity index (χ1n) is 5.07. The van der Waals surface area contributed by atoms with Gasteiger partial charge in [0.1, 0.15) is 23.1 Å². The van der Waals surface area contributed by atoms with Crippen molar-refractivity contribution in [2.45, 2.75) is 13.8 Å². The standard InChI is InChI=1S/C10H11BN4O2/c1-7-12-3-9(4-13-7)16-11-17-10-5-14-8(2)15-6-10/h3-6,11H,1-2H3. The molecule has 0 aliphatic heterocycles. The maximum absolute atomic E-state index is 5.29. The summed E-state index contributed by atoms with van der Waals surface area (Å²) in [4.78, 5) is 16.0. The minimum Gasteiger partial charge on any atom is -0.526 e. The van der Waals surface area contributed by atoms with E-state index in [-0.39, 0.29) is 7.69 Å². The lowest BCUT2D eigenvalue weighted by Crippen LogP contribution is -2.11. The largest absolute Gasteiger partial charge is 0.576 e. The van der Waals surface area contributed by atoms with E-state index in [0.717, 1.165) is 0 Å². The van der Waals surface area contributed by atoms with E-state index in [0.29, 0.717) is 23.1 Å². The molecule has 0 aliphatic rings. The Morgan fingerprint density at radius 3 is 1.47 bits per heavy atom. The summed E-state index contributed by atoms with van der Waals surface area (Å²) in [6, 6.07) is 0. The second-order valence-corrected chi connectivity index (χ2v) is 3.34. The van der Waals surface area contributed by atoms with Gasteiger partial charge in [0.2, 0.25) is 0 Å². The Kier molecular flexibility index (Phi) is 3.49. The Morgan fingerprint density at radius 1 is 0.765 bits per heavy atom. The van der Waals surface area contributed by atoms with E-state index in [2.05, 4.69) is 19.9 Å². The molecule has 0 aromatic carbocycles.